The van der Waals surface area contributed by atoms with Crippen molar-refractivity contribution in [2.24, 2.45) is 0 Å². The molecule has 7 heteroatoms. The van der Waals surface area contributed by atoms with E-state index in [2.05, 4.69) is 20.4 Å². The molecule has 19 heavy (non-hydrogen) atoms. The number of rotatable bonds is 2. The molecule has 3 heterocycles. The molecule has 0 aliphatic carbocycles. The summed E-state index contributed by atoms with van der Waals surface area (Å²) in [6, 6.07) is 7.55. The summed E-state index contributed by atoms with van der Waals surface area (Å²) >= 11 is 5.75. The van der Waals surface area contributed by atoms with E-state index in [1.165, 1.54) is 0 Å². The zero-order chi connectivity index (χ0) is 13.4. The van der Waals surface area contributed by atoms with Gasteiger partial charge in [-0.15, -0.1) is 15.3 Å². The summed E-state index contributed by atoms with van der Waals surface area (Å²) in [5, 5.41) is 16.8. The van der Waals surface area contributed by atoms with Crippen LogP contribution in [0.25, 0.3) is 5.65 Å². The number of aromatic nitrogens is 5. The van der Waals surface area contributed by atoms with Gasteiger partial charge < -0.3 is 0 Å². The van der Waals surface area contributed by atoms with Gasteiger partial charge in [0.05, 0.1) is 11.6 Å². The van der Waals surface area contributed by atoms with Crippen LogP contribution in [0.15, 0.2) is 30.5 Å². The van der Waals surface area contributed by atoms with E-state index in [0.717, 1.165) is 22.6 Å². The van der Waals surface area contributed by atoms with Crippen LogP contribution in [0.2, 0.25) is 5.15 Å². The molecule has 0 aliphatic rings. The highest BCUT2D eigenvalue weighted by Crippen LogP contribution is 2.21. The van der Waals surface area contributed by atoms with Gasteiger partial charge in [-0.25, -0.2) is 0 Å². The van der Waals surface area contributed by atoms with Crippen LogP contribution in [-0.4, -0.2) is 32.6 Å². The molecule has 0 radical (unpaired) electrons. The van der Waals surface area contributed by atoms with Gasteiger partial charge in [0.25, 0.3) is 0 Å². The van der Waals surface area contributed by atoms with Crippen LogP contribution < -0.4 is 5.46 Å². The number of hydrogen-bond acceptors (Lipinski definition) is 4. The maximum Gasteiger partial charge on any atom is 0.160 e. The lowest BCUT2D eigenvalue weighted by Gasteiger charge is -2.08. The van der Waals surface area contributed by atoms with Crippen LogP contribution in [0.4, 0.5) is 0 Å². The van der Waals surface area contributed by atoms with Crippen LogP contribution in [0, 0.1) is 0 Å². The van der Waals surface area contributed by atoms with Crippen molar-refractivity contribution in [3.8, 4) is 0 Å². The minimum absolute atomic E-state index is 0.00145. The summed E-state index contributed by atoms with van der Waals surface area (Å²) < 4.78 is 1.98. The van der Waals surface area contributed by atoms with Gasteiger partial charge in [-0.3, -0.25) is 4.40 Å². The molecule has 5 nitrogen and oxygen atoms in total. The SMILES string of the molecule is Bc1ccc2nnc(C(C)c3ccc(Cl)nn3)n2c1. The fraction of sp³-hybridized carbons (Fsp3) is 0.167. The fourth-order valence-electron chi connectivity index (χ4n) is 2.00. The molecule has 1 unspecified atom stereocenters. The molecule has 94 valence electrons. The van der Waals surface area contributed by atoms with E-state index in [9.17, 15) is 0 Å². The molecule has 0 saturated heterocycles. The van der Waals surface area contributed by atoms with Gasteiger partial charge >= 0.3 is 0 Å². The van der Waals surface area contributed by atoms with Crippen molar-refractivity contribution in [2.75, 3.05) is 0 Å². The van der Waals surface area contributed by atoms with Crippen LogP contribution in [0.1, 0.15) is 24.4 Å². The molecule has 3 aromatic rings. The number of pyridine rings is 1. The second-order valence-electron chi connectivity index (χ2n) is 4.50. The molecule has 0 spiro atoms. The average molecular weight is 272 g/mol. The lowest BCUT2D eigenvalue weighted by atomic mass is 9.99. The van der Waals surface area contributed by atoms with E-state index in [0.29, 0.717) is 5.15 Å². The van der Waals surface area contributed by atoms with Gasteiger partial charge in [-0.2, -0.15) is 5.10 Å². The lowest BCUT2D eigenvalue weighted by Crippen LogP contribution is -2.09. The maximum absolute atomic E-state index is 5.75. The minimum atomic E-state index is 0.00145. The Balaban J connectivity index is 2.08. The van der Waals surface area contributed by atoms with Crippen LogP contribution >= 0.6 is 11.6 Å². The van der Waals surface area contributed by atoms with Crippen molar-refractivity contribution < 1.29 is 0 Å². The third kappa shape index (κ3) is 2.19. The molecule has 0 N–H and O–H groups in total. The third-order valence-electron chi connectivity index (χ3n) is 3.06. The lowest BCUT2D eigenvalue weighted by molar-refractivity contribution is 0.750. The van der Waals surface area contributed by atoms with Gasteiger partial charge in [0.1, 0.15) is 13.7 Å². The van der Waals surface area contributed by atoms with Gasteiger partial charge in [0, 0.05) is 6.20 Å². The topological polar surface area (TPSA) is 56.0 Å². The van der Waals surface area contributed by atoms with Crippen molar-refractivity contribution in [3.63, 3.8) is 0 Å². The highest BCUT2D eigenvalue weighted by Gasteiger charge is 2.17. The van der Waals surface area contributed by atoms with Gasteiger partial charge in [-0.05, 0) is 25.1 Å². The molecule has 0 bridgehead atoms. The van der Waals surface area contributed by atoms with Crippen molar-refractivity contribution >= 4 is 30.6 Å². The summed E-state index contributed by atoms with van der Waals surface area (Å²) in [6.45, 7) is 2.02. The van der Waals surface area contributed by atoms with E-state index in [1.54, 1.807) is 6.07 Å². The van der Waals surface area contributed by atoms with Crippen molar-refractivity contribution in [3.05, 3.63) is 47.1 Å². The van der Waals surface area contributed by atoms with E-state index < -0.39 is 0 Å². The summed E-state index contributed by atoms with van der Waals surface area (Å²) in [5.74, 6) is 0.844. The zero-order valence-electron chi connectivity index (χ0n) is 10.6. The first kappa shape index (κ1) is 12.1. The molecule has 1 atom stereocenters. The monoisotopic (exact) mass is 271 g/mol. The third-order valence-corrected chi connectivity index (χ3v) is 3.26. The first-order chi connectivity index (χ1) is 9.15. The maximum atomic E-state index is 5.75. The summed E-state index contributed by atoms with van der Waals surface area (Å²) in [6.07, 6.45) is 2.02. The van der Waals surface area contributed by atoms with Crippen molar-refractivity contribution in [2.45, 2.75) is 12.8 Å². The molecule has 0 fully saturated rings. The summed E-state index contributed by atoms with van der Waals surface area (Å²) in [7, 11) is 2.04. The summed E-state index contributed by atoms with van der Waals surface area (Å²) in [4.78, 5) is 0. The average Bonchev–Trinajstić information content (AvgIpc) is 2.81. The predicted molar refractivity (Wildman–Crippen MR) is 75.7 cm³/mol. The molecule has 3 aromatic heterocycles. The molecular weight excluding hydrogens is 260 g/mol. The molecular formula is C12H11BClN5. The fourth-order valence-corrected chi connectivity index (χ4v) is 2.10. The first-order valence-corrected chi connectivity index (χ1v) is 6.33. The van der Waals surface area contributed by atoms with E-state index in [4.69, 9.17) is 11.6 Å². The number of halogens is 1. The van der Waals surface area contributed by atoms with Crippen LogP contribution in [-0.2, 0) is 0 Å². The first-order valence-electron chi connectivity index (χ1n) is 5.95. The van der Waals surface area contributed by atoms with Gasteiger partial charge in [0.2, 0.25) is 0 Å². The zero-order valence-corrected chi connectivity index (χ0v) is 11.3. The van der Waals surface area contributed by atoms with E-state index in [1.807, 2.05) is 43.6 Å². The Labute approximate surface area is 116 Å². The largest absolute Gasteiger partial charge is 0.286 e. The predicted octanol–water partition coefficient (Wildman–Crippen LogP) is 0.583. The second-order valence-corrected chi connectivity index (χ2v) is 4.88. The Kier molecular flexibility index (Phi) is 2.95. The Bertz CT molecular complexity index is 725. The van der Waals surface area contributed by atoms with Crippen molar-refractivity contribution in [1.82, 2.24) is 24.8 Å². The Hall–Kier alpha value is -1.95. The van der Waals surface area contributed by atoms with E-state index >= 15 is 0 Å². The normalized spacial score (nSPS) is 12.7. The smallest absolute Gasteiger partial charge is 0.160 e. The van der Waals surface area contributed by atoms with Gasteiger partial charge in [-0.1, -0.05) is 23.1 Å². The highest BCUT2D eigenvalue weighted by molar-refractivity contribution is 6.32. The van der Waals surface area contributed by atoms with Crippen molar-refractivity contribution in [1.29, 1.82) is 0 Å². The Morgan fingerprint density at radius 2 is 1.95 bits per heavy atom. The standard InChI is InChI=1S/C12H11BClN5/c1-7(9-3-4-10(14)16-15-9)12-18-17-11-5-2-8(13)6-19(11)12/h2-7H,13H2,1H3. The molecule has 0 aliphatic heterocycles. The second kappa shape index (κ2) is 4.62. The Morgan fingerprint density at radius 3 is 2.68 bits per heavy atom. The highest BCUT2D eigenvalue weighted by atomic mass is 35.5. The minimum Gasteiger partial charge on any atom is -0.286 e. The Morgan fingerprint density at radius 1 is 1.11 bits per heavy atom. The summed E-state index contributed by atoms with van der Waals surface area (Å²) in [5.41, 5.74) is 2.80. The number of nitrogens with zero attached hydrogens (tertiary/aromatic N) is 5. The number of fused-ring (bicyclic) bond motifs is 1. The molecule has 0 amide bonds. The molecule has 0 saturated carbocycles. The van der Waals surface area contributed by atoms with E-state index in [-0.39, 0.29) is 5.92 Å². The van der Waals surface area contributed by atoms with Crippen LogP contribution in [0.5, 0.6) is 0 Å². The van der Waals surface area contributed by atoms with Crippen LogP contribution in [0.3, 0.4) is 0 Å². The molecule has 0 aromatic carbocycles. The number of hydrogen-bond donors (Lipinski definition) is 0. The molecule has 3 rings (SSSR count). The quantitative estimate of drug-likeness (QED) is 0.640. The van der Waals surface area contributed by atoms with Gasteiger partial charge in [0.15, 0.2) is 10.8 Å².